The lowest BCUT2D eigenvalue weighted by atomic mass is 9.91. The molecule has 2 aliphatic carbocycles. The first-order valence-electron chi connectivity index (χ1n) is 9.89. The molecule has 1 saturated heterocycles. The van der Waals surface area contributed by atoms with Crippen LogP contribution in [0.3, 0.4) is 0 Å². The Balaban J connectivity index is 0.000000294. The molecule has 1 N–H and O–H groups in total. The Kier molecular flexibility index (Phi) is 14.5. The van der Waals surface area contributed by atoms with Crippen molar-refractivity contribution in [2.75, 3.05) is 13.1 Å². The first kappa shape index (κ1) is 22.0. The van der Waals surface area contributed by atoms with Gasteiger partial charge in [0.05, 0.1) is 0 Å². The van der Waals surface area contributed by atoms with Gasteiger partial charge in [0.2, 0.25) is 0 Å². The molecular formula is C21H45N. The van der Waals surface area contributed by atoms with E-state index in [4.69, 9.17) is 0 Å². The van der Waals surface area contributed by atoms with Crippen LogP contribution in [0.5, 0.6) is 0 Å². The van der Waals surface area contributed by atoms with Crippen LogP contribution in [0.2, 0.25) is 0 Å². The summed E-state index contributed by atoms with van der Waals surface area (Å²) in [5.74, 6) is 3.00. The van der Waals surface area contributed by atoms with E-state index in [2.05, 4.69) is 26.1 Å². The van der Waals surface area contributed by atoms with E-state index in [9.17, 15) is 0 Å². The van der Waals surface area contributed by atoms with Gasteiger partial charge in [-0.25, -0.2) is 0 Å². The van der Waals surface area contributed by atoms with Gasteiger partial charge in [0.25, 0.3) is 0 Å². The van der Waals surface area contributed by atoms with Gasteiger partial charge in [-0.05, 0) is 43.7 Å². The average Bonchev–Trinajstić information content (AvgIpc) is 2.51. The van der Waals surface area contributed by atoms with Gasteiger partial charge in [-0.3, -0.25) is 0 Å². The Morgan fingerprint density at radius 3 is 1.14 bits per heavy atom. The molecule has 0 radical (unpaired) electrons. The molecule has 1 heterocycles. The Morgan fingerprint density at radius 2 is 0.955 bits per heavy atom. The largest absolute Gasteiger partial charge is 0.316 e. The fourth-order valence-corrected chi connectivity index (χ4v) is 3.64. The summed E-state index contributed by atoms with van der Waals surface area (Å²) in [5, 5.41) is 3.33. The minimum atomic E-state index is 0. The molecule has 0 bridgehead atoms. The molecule has 134 valence electrons. The molecule has 3 fully saturated rings. The van der Waals surface area contributed by atoms with Gasteiger partial charge in [-0.15, -0.1) is 0 Å². The summed E-state index contributed by atoms with van der Waals surface area (Å²) in [6.07, 6.45) is 17.7. The van der Waals surface area contributed by atoms with Crippen molar-refractivity contribution in [1.29, 1.82) is 0 Å². The average molecular weight is 312 g/mol. The van der Waals surface area contributed by atoms with E-state index in [-0.39, 0.29) is 7.43 Å². The molecule has 0 amide bonds. The monoisotopic (exact) mass is 311 g/mol. The lowest BCUT2D eigenvalue weighted by Gasteiger charge is -2.17. The van der Waals surface area contributed by atoms with Crippen LogP contribution >= 0.6 is 0 Å². The summed E-state index contributed by atoms with van der Waals surface area (Å²) in [5.41, 5.74) is 0. The highest BCUT2D eigenvalue weighted by Gasteiger charge is 2.06. The molecule has 1 nitrogen and oxygen atoms in total. The zero-order valence-corrected chi connectivity index (χ0v) is 15.1. The molecule has 1 heteroatoms. The van der Waals surface area contributed by atoms with Gasteiger partial charge in [-0.1, -0.05) is 92.4 Å². The quantitative estimate of drug-likeness (QED) is 0.518. The third kappa shape index (κ3) is 12.5. The van der Waals surface area contributed by atoms with Crippen LogP contribution < -0.4 is 5.32 Å². The molecule has 1 aliphatic heterocycles. The minimum absolute atomic E-state index is 0. The van der Waals surface area contributed by atoms with E-state index in [0.29, 0.717) is 0 Å². The topological polar surface area (TPSA) is 12.0 Å². The molecule has 3 rings (SSSR count). The Bertz CT molecular complexity index is 170. The Hall–Kier alpha value is -0.0400. The van der Waals surface area contributed by atoms with Gasteiger partial charge >= 0.3 is 0 Å². The highest BCUT2D eigenvalue weighted by Crippen LogP contribution is 2.22. The number of nitrogens with one attached hydrogen (secondary N) is 1. The van der Waals surface area contributed by atoms with Gasteiger partial charge in [-0.2, -0.15) is 0 Å². The summed E-state index contributed by atoms with van der Waals surface area (Å²) in [6, 6.07) is 0. The van der Waals surface area contributed by atoms with E-state index in [1.54, 1.807) is 0 Å². The molecule has 1 atom stereocenters. The maximum atomic E-state index is 3.33. The normalized spacial score (nSPS) is 26.6. The minimum Gasteiger partial charge on any atom is -0.316 e. The molecule has 0 aromatic rings. The predicted octanol–water partition coefficient (Wildman–Crippen LogP) is 6.82. The summed E-state index contributed by atoms with van der Waals surface area (Å²) in [4.78, 5) is 0. The van der Waals surface area contributed by atoms with Crippen molar-refractivity contribution in [3.05, 3.63) is 0 Å². The lowest BCUT2D eigenvalue weighted by molar-refractivity contribution is 0.385. The number of hydrogen-bond donors (Lipinski definition) is 1. The third-order valence-corrected chi connectivity index (χ3v) is 5.33. The highest BCUT2D eigenvalue weighted by atomic mass is 14.9. The predicted molar refractivity (Wildman–Crippen MR) is 102 cm³/mol. The summed E-state index contributed by atoms with van der Waals surface area (Å²) >= 11 is 0. The first-order chi connectivity index (χ1) is 10.2. The van der Waals surface area contributed by atoms with Gasteiger partial charge in [0, 0.05) is 0 Å². The summed E-state index contributed by atoms with van der Waals surface area (Å²) in [7, 11) is 0. The first-order valence-corrected chi connectivity index (χ1v) is 9.89. The second-order valence-electron chi connectivity index (χ2n) is 7.94. The smallest absolute Gasteiger partial charge is 0.00231 e. The van der Waals surface area contributed by atoms with Crippen LogP contribution in [0.4, 0.5) is 0 Å². The van der Waals surface area contributed by atoms with Crippen LogP contribution in [0.15, 0.2) is 0 Å². The lowest BCUT2D eigenvalue weighted by Crippen LogP contribution is -2.27. The van der Waals surface area contributed by atoms with E-state index in [1.165, 1.54) is 90.1 Å². The van der Waals surface area contributed by atoms with Crippen molar-refractivity contribution in [2.45, 2.75) is 105 Å². The molecular weight excluding hydrogens is 266 g/mol. The van der Waals surface area contributed by atoms with E-state index in [1.807, 2.05) is 0 Å². The molecule has 0 unspecified atom stereocenters. The summed E-state index contributed by atoms with van der Waals surface area (Å²) < 4.78 is 0. The van der Waals surface area contributed by atoms with Crippen LogP contribution in [0, 0.1) is 17.8 Å². The van der Waals surface area contributed by atoms with Crippen molar-refractivity contribution >= 4 is 0 Å². The third-order valence-electron chi connectivity index (χ3n) is 5.33. The maximum Gasteiger partial charge on any atom is -0.00231 e. The van der Waals surface area contributed by atoms with E-state index in [0.717, 1.165) is 17.8 Å². The Labute approximate surface area is 142 Å². The number of piperidine rings is 1. The van der Waals surface area contributed by atoms with Crippen molar-refractivity contribution in [3.8, 4) is 0 Å². The van der Waals surface area contributed by atoms with Crippen molar-refractivity contribution in [3.63, 3.8) is 0 Å². The highest BCUT2D eigenvalue weighted by molar-refractivity contribution is 4.63. The fraction of sp³-hybridized carbons (Fsp3) is 1.00. The molecule has 0 spiro atoms. The molecule has 22 heavy (non-hydrogen) atoms. The second kappa shape index (κ2) is 14.5. The fourth-order valence-electron chi connectivity index (χ4n) is 3.64. The van der Waals surface area contributed by atoms with Crippen LogP contribution in [0.1, 0.15) is 105 Å². The molecule has 2 saturated carbocycles. The standard InChI is InChI=1S/2C7H14.C6H13N.CH4/c2*1-7-5-3-2-4-6-7;1-6-3-2-4-7-5-6;/h2*7H,2-6H2,1H3;6-7H,2-5H2,1H3;1H4/t;;6-;/m..1./s1. The van der Waals surface area contributed by atoms with Crippen molar-refractivity contribution < 1.29 is 0 Å². The van der Waals surface area contributed by atoms with Crippen LogP contribution in [-0.2, 0) is 0 Å². The van der Waals surface area contributed by atoms with E-state index >= 15 is 0 Å². The van der Waals surface area contributed by atoms with Crippen molar-refractivity contribution in [1.82, 2.24) is 5.32 Å². The number of hydrogen-bond acceptors (Lipinski definition) is 1. The van der Waals surface area contributed by atoms with Gasteiger partial charge in [0.15, 0.2) is 0 Å². The molecule has 3 aliphatic rings. The van der Waals surface area contributed by atoms with Gasteiger partial charge < -0.3 is 5.32 Å². The van der Waals surface area contributed by atoms with Crippen molar-refractivity contribution in [2.24, 2.45) is 17.8 Å². The molecule has 0 aromatic heterocycles. The second-order valence-corrected chi connectivity index (χ2v) is 7.94. The zero-order chi connectivity index (χ0) is 15.3. The molecule has 0 aromatic carbocycles. The van der Waals surface area contributed by atoms with Crippen LogP contribution in [-0.4, -0.2) is 13.1 Å². The maximum absolute atomic E-state index is 3.33. The SMILES string of the molecule is C.CC1CCCCC1.CC1CCCCC1.C[C@@H]1CCCNC1. The van der Waals surface area contributed by atoms with Gasteiger partial charge in [0.1, 0.15) is 0 Å². The number of rotatable bonds is 0. The van der Waals surface area contributed by atoms with Crippen LogP contribution in [0.25, 0.3) is 0 Å². The van der Waals surface area contributed by atoms with E-state index < -0.39 is 0 Å². The summed E-state index contributed by atoms with van der Waals surface area (Å²) in [6.45, 7) is 9.49. The zero-order valence-electron chi connectivity index (χ0n) is 15.1. The Morgan fingerprint density at radius 1 is 0.545 bits per heavy atom.